The highest BCUT2D eigenvalue weighted by Crippen LogP contribution is 2.12. The van der Waals surface area contributed by atoms with Gasteiger partial charge in [0.1, 0.15) is 0 Å². The summed E-state index contributed by atoms with van der Waals surface area (Å²) in [6.07, 6.45) is 0. The van der Waals surface area contributed by atoms with E-state index in [4.69, 9.17) is 5.73 Å². The second kappa shape index (κ2) is 7.07. The van der Waals surface area contributed by atoms with Crippen LogP contribution in [-0.2, 0) is 4.79 Å². The number of hydrogen-bond acceptors (Lipinski definition) is 3. The van der Waals surface area contributed by atoms with E-state index in [0.717, 1.165) is 9.26 Å². The van der Waals surface area contributed by atoms with Crippen LogP contribution in [0.25, 0.3) is 0 Å². The molecule has 0 aliphatic rings. The fourth-order valence-corrected chi connectivity index (χ4v) is 2.06. The number of nitrogens with one attached hydrogen (secondary N) is 2. The minimum absolute atomic E-state index is 0.105. The second-order valence-electron chi connectivity index (χ2n) is 4.35. The maximum absolute atomic E-state index is 11.8. The average Bonchev–Trinajstić information content (AvgIpc) is 2.48. The summed E-state index contributed by atoms with van der Waals surface area (Å²) in [4.78, 5) is 22.9. The van der Waals surface area contributed by atoms with Crippen molar-refractivity contribution in [3.8, 4) is 0 Å². The molecule has 0 saturated heterocycles. The molecule has 0 aliphatic carbocycles. The van der Waals surface area contributed by atoms with Crippen LogP contribution in [0.4, 0.5) is 11.4 Å². The van der Waals surface area contributed by atoms with Gasteiger partial charge in [0.05, 0.1) is 6.54 Å². The zero-order valence-corrected chi connectivity index (χ0v) is 13.3. The Kier molecular flexibility index (Phi) is 5.15. The van der Waals surface area contributed by atoms with Crippen molar-refractivity contribution >= 4 is 45.8 Å². The molecule has 2 aromatic carbocycles. The Labute approximate surface area is 136 Å². The third kappa shape index (κ3) is 4.75. The summed E-state index contributed by atoms with van der Waals surface area (Å²) in [6.45, 7) is 0.105. The number of halogens is 1. The second-order valence-corrected chi connectivity index (χ2v) is 5.60. The summed E-state index contributed by atoms with van der Waals surface area (Å²) in [5, 5.41) is 5.73. The van der Waals surface area contributed by atoms with Gasteiger partial charge in [-0.25, -0.2) is 0 Å². The monoisotopic (exact) mass is 395 g/mol. The highest BCUT2D eigenvalue weighted by Gasteiger charge is 2.04. The summed E-state index contributed by atoms with van der Waals surface area (Å²) < 4.78 is 1.10. The predicted octanol–water partition coefficient (Wildman–Crippen LogP) is 2.44. The molecule has 0 saturated carbocycles. The lowest BCUT2D eigenvalue weighted by atomic mass is 10.2. The first kappa shape index (κ1) is 15.3. The Balaban J connectivity index is 1.90. The van der Waals surface area contributed by atoms with Crippen LogP contribution in [0.3, 0.4) is 0 Å². The smallest absolute Gasteiger partial charge is 0.248 e. The Bertz CT molecular complexity index is 656. The van der Waals surface area contributed by atoms with Gasteiger partial charge in [0.15, 0.2) is 0 Å². The molecule has 0 aliphatic heterocycles. The molecular formula is C15H14IN3O2. The van der Waals surface area contributed by atoms with Crippen LogP contribution >= 0.6 is 22.6 Å². The molecule has 0 unspecified atom stereocenters. The number of nitrogens with two attached hydrogens (primary N) is 1. The summed E-state index contributed by atoms with van der Waals surface area (Å²) in [5.41, 5.74) is 7.02. The van der Waals surface area contributed by atoms with Crippen LogP contribution in [0.15, 0.2) is 48.5 Å². The lowest BCUT2D eigenvalue weighted by molar-refractivity contribution is -0.114. The van der Waals surface area contributed by atoms with E-state index in [1.54, 1.807) is 24.3 Å². The van der Waals surface area contributed by atoms with Crippen LogP contribution < -0.4 is 16.4 Å². The van der Waals surface area contributed by atoms with Crippen molar-refractivity contribution < 1.29 is 9.59 Å². The number of anilines is 2. The number of benzene rings is 2. The molecule has 2 amide bonds. The van der Waals surface area contributed by atoms with Gasteiger partial charge in [-0.05, 0) is 65.1 Å². The van der Waals surface area contributed by atoms with Gasteiger partial charge in [-0.3, -0.25) is 9.59 Å². The average molecular weight is 395 g/mol. The van der Waals surface area contributed by atoms with Crippen molar-refractivity contribution in [3.05, 3.63) is 57.7 Å². The summed E-state index contributed by atoms with van der Waals surface area (Å²) >= 11 is 2.20. The van der Waals surface area contributed by atoms with E-state index in [-0.39, 0.29) is 12.5 Å². The molecule has 0 fully saturated rings. The van der Waals surface area contributed by atoms with Gasteiger partial charge >= 0.3 is 0 Å². The number of amides is 2. The standard InChI is InChI=1S/C15H14IN3O2/c16-11-4-6-12(7-5-11)19-14(20)9-18-13-3-1-2-10(8-13)15(17)21/h1-8,18H,9H2,(H2,17,21)(H,19,20). The zero-order chi connectivity index (χ0) is 15.2. The van der Waals surface area contributed by atoms with Crippen LogP contribution in [0, 0.1) is 3.57 Å². The number of primary amides is 1. The Morgan fingerprint density at radius 3 is 2.43 bits per heavy atom. The molecule has 4 N–H and O–H groups in total. The third-order valence-electron chi connectivity index (χ3n) is 2.73. The fourth-order valence-electron chi connectivity index (χ4n) is 1.70. The highest BCUT2D eigenvalue weighted by atomic mass is 127. The minimum Gasteiger partial charge on any atom is -0.376 e. The van der Waals surface area contributed by atoms with Gasteiger partial charge in [-0.15, -0.1) is 0 Å². The van der Waals surface area contributed by atoms with Gasteiger partial charge in [-0.1, -0.05) is 6.07 Å². The van der Waals surface area contributed by atoms with E-state index in [1.165, 1.54) is 0 Å². The largest absolute Gasteiger partial charge is 0.376 e. The van der Waals surface area contributed by atoms with Crippen LogP contribution in [0.1, 0.15) is 10.4 Å². The van der Waals surface area contributed by atoms with E-state index in [1.807, 2.05) is 24.3 Å². The topological polar surface area (TPSA) is 84.2 Å². The Morgan fingerprint density at radius 2 is 1.76 bits per heavy atom. The lowest BCUT2D eigenvalue weighted by Gasteiger charge is -2.08. The Hall–Kier alpha value is -2.09. The fraction of sp³-hybridized carbons (Fsp3) is 0.0667. The molecule has 0 aromatic heterocycles. The van der Waals surface area contributed by atoms with E-state index < -0.39 is 5.91 Å². The van der Waals surface area contributed by atoms with Crippen molar-refractivity contribution in [2.75, 3.05) is 17.2 Å². The molecular weight excluding hydrogens is 381 g/mol. The SMILES string of the molecule is NC(=O)c1cccc(NCC(=O)Nc2ccc(I)cc2)c1. The van der Waals surface area contributed by atoms with Gasteiger partial charge in [0, 0.05) is 20.5 Å². The first-order chi connectivity index (χ1) is 10.0. The molecule has 6 heteroatoms. The summed E-state index contributed by atoms with van der Waals surface area (Å²) in [6, 6.07) is 14.2. The minimum atomic E-state index is -0.498. The van der Waals surface area contributed by atoms with Crippen LogP contribution in [0.5, 0.6) is 0 Å². The molecule has 2 rings (SSSR count). The van der Waals surface area contributed by atoms with Crippen LogP contribution in [-0.4, -0.2) is 18.4 Å². The van der Waals surface area contributed by atoms with Gasteiger partial charge in [0.2, 0.25) is 11.8 Å². The molecule has 0 radical (unpaired) electrons. The van der Waals surface area contributed by atoms with Crippen molar-refractivity contribution in [2.45, 2.75) is 0 Å². The molecule has 0 heterocycles. The molecule has 5 nitrogen and oxygen atoms in total. The van der Waals surface area contributed by atoms with Crippen LogP contribution in [0.2, 0.25) is 0 Å². The molecule has 21 heavy (non-hydrogen) atoms. The number of rotatable bonds is 5. The van der Waals surface area contributed by atoms with Crippen molar-refractivity contribution in [2.24, 2.45) is 5.73 Å². The Morgan fingerprint density at radius 1 is 1.05 bits per heavy atom. The number of hydrogen-bond donors (Lipinski definition) is 3. The van der Waals surface area contributed by atoms with E-state index in [2.05, 4.69) is 33.2 Å². The van der Waals surface area contributed by atoms with Crippen molar-refractivity contribution in [3.63, 3.8) is 0 Å². The number of carbonyl (C=O) groups is 2. The molecule has 0 bridgehead atoms. The highest BCUT2D eigenvalue weighted by molar-refractivity contribution is 14.1. The summed E-state index contributed by atoms with van der Waals surface area (Å²) in [7, 11) is 0. The third-order valence-corrected chi connectivity index (χ3v) is 3.45. The molecule has 108 valence electrons. The van der Waals surface area contributed by atoms with Crippen molar-refractivity contribution in [1.29, 1.82) is 0 Å². The van der Waals surface area contributed by atoms with Crippen molar-refractivity contribution in [1.82, 2.24) is 0 Å². The first-order valence-electron chi connectivity index (χ1n) is 6.24. The van der Waals surface area contributed by atoms with E-state index >= 15 is 0 Å². The summed E-state index contributed by atoms with van der Waals surface area (Å²) in [5.74, 6) is -0.664. The predicted molar refractivity (Wildman–Crippen MR) is 91.2 cm³/mol. The lowest BCUT2D eigenvalue weighted by Crippen LogP contribution is -2.22. The number of carbonyl (C=O) groups excluding carboxylic acids is 2. The molecule has 0 spiro atoms. The van der Waals surface area contributed by atoms with E-state index in [0.29, 0.717) is 11.3 Å². The zero-order valence-electron chi connectivity index (χ0n) is 11.1. The molecule has 2 aromatic rings. The maximum atomic E-state index is 11.8. The van der Waals surface area contributed by atoms with Gasteiger partial charge in [-0.2, -0.15) is 0 Å². The van der Waals surface area contributed by atoms with Gasteiger partial charge < -0.3 is 16.4 Å². The van der Waals surface area contributed by atoms with E-state index in [9.17, 15) is 9.59 Å². The maximum Gasteiger partial charge on any atom is 0.248 e. The first-order valence-corrected chi connectivity index (χ1v) is 7.31. The normalized spacial score (nSPS) is 9.95. The van der Waals surface area contributed by atoms with Gasteiger partial charge in [0.25, 0.3) is 0 Å². The molecule has 0 atom stereocenters. The quantitative estimate of drug-likeness (QED) is 0.680.